The molecule has 1 aliphatic rings. The van der Waals surface area contributed by atoms with Gasteiger partial charge in [0.2, 0.25) is 5.95 Å². The molecule has 8 nitrogen and oxygen atoms in total. The summed E-state index contributed by atoms with van der Waals surface area (Å²) in [6.07, 6.45) is -21.1. The number of hydrogen-bond acceptors (Lipinski definition) is 8. The summed E-state index contributed by atoms with van der Waals surface area (Å²) in [7, 11) is 0. The monoisotopic (exact) mass is 1210 g/mol. The van der Waals surface area contributed by atoms with Crippen LogP contribution in [0.15, 0.2) is 18.3 Å². The van der Waals surface area contributed by atoms with Gasteiger partial charge in [0.25, 0.3) is 0 Å². The molecule has 1 aliphatic heterocycles. The van der Waals surface area contributed by atoms with Gasteiger partial charge in [0.05, 0.1) is 5.56 Å². The molecule has 0 atom stereocenters. The first-order chi connectivity index (χ1) is 33.2. The summed E-state index contributed by atoms with van der Waals surface area (Å²) >= 11 is 0. The summed E-state index contributed by atoms with van der Waals surface area (Å²) in [6, 6.07) is -4.10. The number of aromatic nitrogens is 4. The minimum atomic E-state index is -9.18. The molecule has 0 amide bonds. The van der Waals surface area contributed by atoms with Crippen molar-refractivity contribution in [1.82, 2.24) is 19.9 Å². The van der Waals surface area contributed by atoms with Crippen LogP contribution in [0.3, 0.4) is 0 Å². The summed E-state index contributed by atoms with van der Waals surface area (Å²) in [4.78, 5) is 12.7. The molecule has 2 aromatic heterocycles. The second-order valence-electron chi connectivity index (χ2n) is 15.0. The SMILES string of the molecule is FC(F)(F)c1ccc(N2CCN(c3nc(OCC(F)(F)C(F)(F)C(F)(F)C(F)(F)C(F)(F)C(F)(F)C(F)(F)C(F)(F)F)nc(OCC(F)(F)C(F)(F)C(F)(F)C(F)(F)C(F)(F)C(F)(F)C(F)(F)C(F)(F)F)n3)CC2)nc1. The highest BCUT2D eigenvalue weighted by molar-refractivity contribution is 5.44. The largest absolute Gasteiger partial charge is 0.460 e. The first-order valence-corrected chi connectivity index (χ1v) is 18.2. The molecule has 0 bridgehead atoms. The van der Waals surface area contributed by atoms with Gasteiger partial charge in [-0.25, -0.2) is 4.98 Å². The number of hydrogen-bond donors (Lipinski definition) is 0. The number of anilines is 2. The number of piperazine rings is 1. The van der Waals surface area contributed by atoms with Crippen molar-refractivity contribution in [3.8, 4) is 12.0 Å². The van der Waals surface area contributed by atoms with Crippen LogP contribution in [0.5, 0.6) is 12.0 Å². The third-order valence-electron chi connectivity index (χ3n) is 9.88. The van der Waals surface area contributed by atoms with Gasteiger partial charge in [-0.3, -0.25) is 0 Å². The molecule has 0 aromatic carbocycles. The van der Waals surface area contributed by atoms with Crippen LogP contribution in [0.2, 0.25) is 0 Å². The van der Waals surface area contributed by atoms with E-state index in [0.29, 0.717) is 17.0 Å². The average Bonchev–Trinajstić information content (AvgIpc) is 3.25. The lowest BCUT2D eigenvalue weighted by Gasteiger charge is -2.42. The molecule has 0 aliphatic carbocycles. The summed E-state index contributed by atoms with van der Waals surface area (Å²) in [5, 5.41) is 0. The Kier molecular flexibility index (Phi) is 16.0. The molecule has 76 heavy (non-hydrogen) atoms. The molecule has 3 heterocycles. The van der Waals surface area contributed by atoms with Gasteiger partial charge in [-0.1, -0.05) is 0 Å². The van der Waals surface area contributed by atoms with Gasteiger partial charge in [0.1, 0.15) is 5.82 Å². The van der Waals surface area contributed by atoms with Crippen LogP contribution in [0.4, 0.5) is 174 Å². The Bertz CT molecular complexity index is 2230. The maximum atomic E-state index is 14.6. The van der Waals surface area contributed by atoms with Gasteiger partial charge < -0.3 is 19.3 Å². The molecule has 440 valence electrons. The predicted molar refractivity (Wildman–Crippen MR) is 166 cm³/mol. The van der Waals surface area contributed by atoms with E-state index in [-0.39, 0.29) is 6.20 Å². The molecule has 2 aromatic rings. The molecule has 45 heteroatoms. The standard InChI is InChI=1S/C31H15F37N6O2/c32-15(33,18(39,40)20(43,44)22(47,48)24(51,52)26(55,56)28(59,60)30(63,64)65)8-75-13-70-12(74-5-3-73(4-6-74)11-2-1-10(7-69-11)17(36,37)38)71-14(72-13)76-9-16(34,35)19(41,42)21(45,46)23(49,50)25(53,54)27(57,58)29(61,62)31(66,67)68/h1-2,7H,3-6,8-9H2. The van der Waals surface area contributed by atoms with E-state index < -0.39 is 170 Å². The van der Waals surface area contributed by atoms with E-state index >= 15 is 0 Å². The summed E-state index contributed by atoms with van der Waals surface area (Å²) in [5.74, 6) is -124. The van der Waals surface area contributed by atoms with Crippen molar-refractivity contribution in [2.45, 2.75) is 101 Å². The van der Waals surface area contributed by atoms with Crippen LogP contribution in [-0.4, -0.2) is 155 Å². The zero-order valence-corrected chi connectivity index (χ0v) is 34.5. The van der Waals surface area contributed by atoms with E-state index in [1.54, 1.807) is 0 Å². The maximum Gasteiger partial charge on any atom is 0.460 e. The Morgan fingerprint density at radius 1 is 0.342 bits per heavy atom. The lowest BCUT2D eigenvalue weighted by atomic mass is 9.89. The van der Waals surface area contributed by atoms with Gasteiger partial charge in [-0.05, 0) is 12.1 Å². The molecule has 0 radical (unpaired) electrons. The molecule has 0 unspecified atom stereocenters. The molecule has 1 fully saturated rings. The van der Waals surface area contributed by atoms with Crippen LogP contribution in [0, 0.1) is 0 Å². The first kappa shape index (κ1) is 65.1. The minimum absolute atomic E-state index is 0.216. The Hall–Kier alpha value is -5.23. The van der Waals surface area contributed by atoms with E-state index in [2.05, 4.69) is 29.4 Å². The lowest BCUT2D eigenvalue weighted by Crippen LogP contribution is -2.74. The molecule has 1 saturated heterocycles. The Morgan fingerprint density at radius 3 is 0.882 bits per heavy atom. The zero-order valence-electron chi connectivity index (χ0n) is 34.5. The van der Waals surface area contributed by atoms with Crippen molar-refractivity contribution in [3.05, 3.63) is 23.9 Å². The van der Waals surface area contributed by atoms with Crippen LogP contribution >= 0.6 is 0 Å². The Labute approximate surface area is 391 Å². The predicted octanol–water partition coefficient (Wildman–Crippen LogP) is 12.4. The summed E-state index contributed by atoms with van der Waals surface area (Å²) in [6.45, 7) is -11.2. The molecule has 0 spiro atoms. The van der Waals surface area contributed by atoms with Crippen LogP contribution < -0.4 is 19.3 Å². The van der Waals surface area contributed by atoms with E-state index in [4.69, 9.17) is 0 Å². The van der Waals surface area contributed by atoms with Gasteiger partial charge >= 0.3 is 113 Å². The van der Waals surface area contributed by atoms with Gasteiger partial charge in [0, 0.05) is 32.4 Å². The van der Waals surface area contributed by atoms with Gasteiger partial charge in [-0.2, -0.15) is 172 Å². The number of nitrogens with zero attached hydrogens (tertiary/aromatic N) is 6. The summed E-state index contributed by atoms with van der Waals surface area (Å²) in [5.41, 5.74) is -1.38. The van der Waals surface area contributed by atoms with E-state index in [1.165, 1.54) is 0 Å². The number of ether oxygens (including phenoxy) is 2. The smallest absolute Gasteiger partial charge is 0.457 e. The highest BCUT2D eigenvalue weighted by Crippen LogP contribution is 2.66. The lowest BCUT2D eigenvalue weighted by molar-refractivity contribution is -0.462. The van der Waals surface area contributed by atoms with E-state index in [1.807, 2.05) is 0 Å². The summed E-state index contributed by atoms with van der Waals surface area (Å²) < 4.78 is 513. The average molecular weight is 1210 g/mol. The number of halogens is 37. The number of pyridine rings is 1. The highest BCUT2D eigenvalue weighted by atomic mass is 19.5. The molecular weight excluding hydrogens is 1190 g/mol. The van der Waals surface area contributed by atoms with Crippen molar-refractivity contribution < 1.29 is 172 Å². The third-order valence-corrected chi connectivity index (χ3v) is 9.88. The Morgan fingerprint density at radius 2 is 0.618 bits per heavy atom. The fraction of sp³-hybridized carbons (Fsp3) is 0.742. The normalized spacial score (nSPS) is 16.9. The topological polar surface area (TPSA) is 76.5 Å². The van der Waals surface area contributed by atoms with Gasteiger partial charge in [0.15, 0.2) is 13.2 Å². The van der Waals surface area contributed by atoms with Crippen LogP contribution in [-0.2, 0) is 6.18 Å². The number of alkyl halides is 37. The second-order valence-corrected chi connectivity index (χ2v) is 15.0. The van der Waals surface area contributed by atoms with E-state index in [0.717, 1.165) is 4.90 Å². The van der Waals surface area contributed by atoms with E-state index in [9.17, 15) is 162 Å². The quantitative estimate of drug-likeness (QED) is 0.121. The molecular formula is C31H15F37N6O2. The fourth-order valence-electron chi connectivity index (χ4n) is 5.36. The van der Waals surface area contributed by atoms with Gasteiger partial charge in [-0.15, -0.1) is 4.98 Å². The Balaban J connectivity index is 2.11. The van der Waals surface area contributed by atoms with Crippen LogP contribution in [0.1, 0.15) is 5.56 Å². The second kappa shape index (κ2) is 18.7. The molecule has 0 saturated carbocycles. The fourth-order valence-corrected chi connectivity index (χ4v) is 5.36. The minimum Gasteiger partial charge on any atom is -0.457 e. The van der Waals surface area contributed by atoms with Crippen molar-refractivity contribution >= 4 is 11.8 Å². The third kappa shape index (κ3) is 9.88. The van der Waals surface area contributed by atoms with Crippen molar-refractivity contribution in [1.29, 1.82) is 0 Å². The zero-order chi connectivity index (χ0) is 60.1. The highest BCUT2D eigenvalue weighted by Gasteiger charge is 2.97. The van der Waals surface area contributed by atoms with Crippen molar-refractivity contribution in [2.24, 2.45) is 0 Å². The van der Waals surface area contributed by atoms with Crippen molar-refractivity contribution in [3.63, 3.8) is 0 Å². The molecule has 3 rings (SSSR count). The first-order valence-electron chi connectivity index (χ1n) is 18.2. The van der Waals surface area contributed by atoms with Crippen LogP contribution in [0.25, 0.3) is 0 Å². The molecule has 0 N–H and O–H groups in total. The maximum absolute atomic E-state index is 14.6. The van der Waals surface area contributed by atoms with Crippen molar-refractivity contribution in [2.75, 3.05) is 49.2 Å². The number of rotatable bonds is 20.